The maximum Gasteiger partial charge on any atom is 0.430 e. The highest BCUT2D eigenvalue weighted by atomic mass is 32.2. The fraction of sp³-hybridized carbons (Fsp3) is 0.333. The Morgan fingerprint density at radius 1 is 0.821 bits per heavy atom. The summed E-state index contributed by atoms with van der Waals surface area (Å²) in [6, 6.07) is 15.7. The maximum absolute atomic E-state index is 12.1. The molecule has 0 fully saturated rings. The van der Waals surface area contributed by atoms with Crippen molar-refractivity contribution in [2.24, 2.45) is 0 Å². The summed E-state index contributed by atoms with van der Waals surface area (Å²) in [7, 11) is -4.07. The number of hydrogen-bond donors (Lipinski definition) is 0. The van der Waals surface area contributed by atoms with Gasteiger partial charge in [0, 0.05) is 5.56 Å². The Morgan fingerprint density at radius 3 is 1.89 bits per heavy atom. The average Bonchev–Trinajstić information content (AvgIpc) is 3.25. The topological polar surface area (TPSA) is 74.1 Å². The molecule has 0 aliphatic rings. The number of hydrogen-bond acceptors (Lipinski definition) is 5. The second-order valence-corrected chi connectivity index (χ2v) is 6.06. The molecule has 0 unspecified atom stereocenters. The molecule has 0 bridgehead atoms. The van der Waals surface area contributed by atoms with E-state index in [1.165, 1.54) is 0 Å². The number of para-hydroxylation sites is 1. The van der Waals surface area contributed by atoms with E-state index in [-0.39, 0.29) is 5.75 Å². The van der Waals surface area contributed by atoms with Crippen LogP contribution in [0.25, 0.3) is 11.4 Å². The Kier molecular flexibility index (Phi) is 12.2. The van der Waals surface area contributed by atoms with Crippen LogP contribution in [-0.2, 0) is 10.3 Å². The predicted octanol–water partition coefficient (Wildman–Crippen LogP) is 5.50. The molecule has 0 radical (unpaired) electrons. The van der Waals surface area contributed by atoms with Crippen LogP contribution in [0.3, 0.4) is 0 Å². The summed E-state index contributed by atoms with van der Waals surface area (Å²) >= 11 is 0. The van der Waals surface area contributed by atoms with E-state index in [4.69, 9.17) is 4.18 Å². The Balaban J connectivity index is 0.00000111. The summed E-state index contributed by atoms with van der Waals surface area (Å²) in [5.41, 5.74) is 1.84. The average molecular weight is 406 g/mol. The molecular formula is C21H31N3O3S. The number of aryl methyl sites for hydroxylation is 1. The van der Waals surface area contributed by atoms with Crippen molar-refractivity contribution in [3.63, 3.8) is 0 Å². The van der Waals surface area contributed by atoms with Crippen LogP contribution in [0.1, 0.15) is 47.1 Å². The molecule has 0 amide bonds. The summed E-state index contributed by atoms with van der Waals surface area (Å²) in [6.45, 7) is 14.0. The zero-order valence-corrected chi connectivity index (χ0v) is 18.6. The number of rotatable bonds is 4. The third-order valence-corrected chi connectivity index (χ3v) is 3.99. The van der Waals surface area contributed by atoms with E-state index in [0.717, 1.165) is 21.5 Å². The zero-order chi connectivity index (χ0) is 21.6. The van der Waals surface area contributed by atoms with Gasteiger partial charge in [0.15, 0.2) is 5.82 Å². The van der Waals surface area contributed by atoms with Crippen LogP contribution in [0, 0.1) is 6.92 Å². The molecule has 6 nitrogen and oxygen atoms in total. The van der Waals surface area contributed by atoms with Crippen molar-refractivity contribution in [2.75, 3.05) is 0 Å². The van der Waals surface area contributed by atoms with Gasteiger partial charge in [-0.25, -0.2) is 4.98 Å². The lowest BCUT2D eigenvalue weighted by Gasteiger charge is -2.05. The molecule has 3 aromatic rings. The minimum Gasteiger partial charge on any atom is -0.365 e. The molecule has 2 aromatic carbocycles. The lowest BCUT2D eigenvalue weighted by Crippen LogP contribution is -2.19. The van der Waals surface area contributed by atoms with Crippen LogP contribution in [0.15, 0.2) is 60.9 Å². The number of nitrogens with zero attached hydrogens (tertiary/aromatic N) is 3. The van der Waals surface area contributed by atoms with E-state index in [1.54, 1.807) is 30.3 Å². The molecule has 0 saturated carbocycles. The summed E-state index contributed by atoms with van der Waals surface area (Å²) in [5.74, 6) is 0.537. The van der Waals surface area contributed by atoms with E-state index < -0.39 is 10.3 Å². The summed E-state index contributed by atoms with van der Waals surface area (Å²) < 4.78 is 30.0. The van der Waals surface area contributed by atoms with Gasteiger partial charge in [-0.2, -0.15) is 8.42 Å². The molecule has 0 aliphatic heterocycles. The van der Waals surface area contributed by atoms with E-state index >= 15 is 0 Å². The largest absolute Gasteiger partial charge is 0.430 e. The standard InChI is InChI=1S/C15H13N3O3S.3C2H6/c1-12-7-9-13(10-8-12)15-16-11-18(17-15)22(19,20)21-14-5-3-2-4-6-14;3*1-2/h2-11H,1H3;3*1-2H3. The third kappa shape index (κ3) is 7.52. The van der Waals surface area contributed by atoms with Gasteiger partial charge in [0.2, 0.25) is 0 Å². The molecular weight excluding hydrogens is 374 g/mol. The first-order chi connectivity index (χ1) is 13.5. The van der Waals surface area contributed by atoms with Crippen molar-refractivity contribution in [3.8, 4) is 17.1 Å². The molecule has 1 heterocycles. The Hall–Kier alpha value is -2.67. The van der Waals surface area contributed by atoms with E-state index in [9.17, 15) is 8.42 Å². The van der Waals surface area contributed by atoms with Gasteiger partial charge < -0.3 is 4.18 Å². The van der Waals surface area contributed by atoms with Crippen LogP contribution < -0.4 is 4.18 Å². The van der Waals surface area contributed by atoms with Crippen LogP contribution in [0.2, 0.25) is 0 Å². The summed E-state index contributed by atoms with van der Waals surface area (Å²) in [5, 5.41) is 3.97. The molecule has 154 valence electrons. The second kappa shape index (κ2) is 13.5. The van der Waals surface area contributed by atoms with Crippen molar-refractivity contribution in [1.82, 2.24) is 14.2 Å². The highest BCUT2D eigenvalue weighted by molar-refractivity contribution is 7.85. The lowest BCUT2D eigenvalue weighted by molar-refractivity contribution is 0.469. The molecule has 28 heavy (non-hydrogen) atoms. The molecule has 0 aliphatic carbocycles. The maximum atomic E-state index is 12.1. The normalized spacial score (nSPS) is 9.54. The first-order valence-electron chi connectivity index (χ1n) is 9.53. The highest BCUT2D eigenvalue weighted by Gasteiger charge is 2.18. The van der Waals surface area contributed by atoms with E-state index in [2.05, 4.69) is 10.1 Å². The first kappa shape index (κ1) is 25.3. The third-order valence-electron chi connectivity index (χ3n) is 2.96. The zero-order valence-electron chi connectivity index (χ0n) is 17.7. The van der Waals surface area contributed by atoms with Crippen molar-refractivity contribution in [1.29, 1.82) is 0 Å². The quantitative estimate of drug-likeness (QED) is 0.572. The SMILES string of the molecule is CC.CC.CC.Cc1ccc(-c2ncn(S(=O)(=O)Oc3ccccc3)n2)cc1. The van der Waals surface area contributed by atoms with Gasteiger partial charge in [-0.05, 0) is 19.1 Å². The van der Waals surface area contributed by atoms with Crippen molar-refractivity contribution < 1.29 is 12.6 Å². The fourth-order valence-corrected chi connectivity index (χ4v) is 2.60. The molecule has 0 saturated heterocycles. The lowest BCUT2D eigenvalue weighted by atomic mass is 10.1. The monoisotopic (exact) mass is 405 g/mol. The Morgan fingerprint density at radius 2 is 1.36 bits per heavy atom. The van der Waals surface area contributed by atoms with Gasteiger partial charge in [0.25, 0.3) is 0 Å². The van der Waals surface area contributed by atoms with Gasteiger partial charge in [-0.1, -0.05) is 89.6 Å². The van der Waals surface area contributed by atoms with Crippen LogP contribution in [0.4, 0.5) is 0 Å². The van der Waals surface area contributed by atoms with E-state index in [1.807, 2.05) is 72.7 Å². The van der Waals surface area contributed by atoms with Gasteiger partial charge in [-0.15, -0.1) is 9.19 Å². The molecule has 7 heteroatoms. The molecule has 0 spiro atoms. The first-order valence-corrected chi connectivity index (χ1v) is 10.9. The van der Waals surface area contributed by atoms with Crippen molar-refractivity contribution in [3.05, 3.63) is 66.5 Å². The van der Waals surface area contributed by atoms with Crippen molar-refractivity contribution in [2.45, 2.75) is 48.5 Å². The van der Waals surface area contributed by atoms with Crippen LogP contribution in [0.5, 0.6) is 5.75 Å². The van der Waals surface area contributed by atoms with Crippen LogP contribution >= 0.6 is 0 Å². The summed E-state index contributed by atoms with van der Waals surface area (Å²) in [4.78, 5) is 4.02. The molecule has 3 rings (SSSR count). The minimum atomic E-state index is -4.07. The van der Waals surface area contributed by atoms with Gasteiger partial charge >= 0.3 is 10.3 Å². The predicted molar refractivity (Wildman–Crippen MR) is 116 cm³/mol. The molecule has 1 aromatic heterocycles. The summed E-state index contributed by atoms with van der Waals surface area (Å²) in [6.07, 6.45) is 1.12. The Labute approximate surface area is 169 Å². The number of benzene rings is 2. The van der Waals surface area contributed by atoms with Gasteiger partial charge in [0.05, 0.1) is 0 Å². The molecule has 0 atom stereocenters. The van der Waals surface area contributed by atoms with Gasteiger partial charge in [-0.3, -0.25) is 0 Å². The minimum absolute atomic E-state index is 0.217. The Bertz CT molecular complexity index is 875. The number of aromatic nitrogens is 3. The van der Waals surface area contributed by atoms with Crippen LogP contribution in [-0.4, -0.2) is 22.6 Å². The van der Waals surface area contributed by atoms with Crippen molar-refractivity contribution >= 4 is 10.3 Å². The fourth-order valence-electron chi connectivity index (χ4n) is 1.83. The highest BCUT2D eigenvalue weighted by Crippen LogP contribution is 2.17. The van der Waals surface area contributed by atoms with E-state index in [0.29, 0.717) is 5.82 Å². The second-order valence-electron chi connectivity index (χ2n) is 4.66. The van der Waals surface area contributed by atoms with Gasteiger partial charge in [0.1, 0.15) is 12.1 Å². The molecule has 0 N–H and O–H groups in total. The smallest absolute Gasteiger partial charge is 0.365 e.